The summed E-state index contributed by atoms with van der Waals surface area (Å²) in [5.74, 6) is 3.77. The average Bonchev–Trinajstić information content (AvgIpc) is 3.83. The van der Waals surface area contributed by atoms with Gasteiger partial charge in [0.1, 0.15) is 30.9 Å². The number of para-hydroxylation sites is 1. The number of aliphatic hydroxyl groups is 1. The van der Waals surface area contributed by atoms with Crippen LogP contribution in [0.1, 0.15) is 54.9 Å². The summed E-state index contributed by atoms with van der Waals surface area (Å²) in [4.78, 5) is 17.7. The first kappa shape index (κ1) is 38.4. The van der Waals surface area contributed by atoms with Gasteiger partial charge in [0.05, 0.1) is 12.4 Å². The third kappa shape index (κ3) is 8.89. The second kappa shape index (κ2) is 17.7. The van der Waals surface area contributed by atoms with Crippen molar-refractivity contribution >= 4 is 28.9 Å². The van der Waals surface area contributed by atoms with E-state index in [1.54, 1.807) is 28.0 Å². The summed E-state index contributed by atoms with van der Waals surface area (Å²) in [6.45, 7) is 15.2. The number of hydrogen-bond donors (Lipinski definition) is 1. The van der Waals surface area contributed by atoms with E-state index < -0.39 is 12.5 Å². The Hall–Kier alpha value is -5.32. The van der Waals surface area contributed by atoms with Crippen LogP contribution in [0.2, 0.25) is 0 Å². The first-order chi connectivity index (χ1) is 26.2. The quantitative estimate of drug-likeness (QED) is 0.0608. The summed E-state index contributed by atoms with van der Waals surface area (Å²) in [5, 5.41) is 11.0. The number of rotatable bonds is 18. The van der Waals surface area contributed by atoms with Crippen LogP contribution in [-0.2, 0) is 17.9 Å². The molecule has 4 aromatic carbocycles. The zero-order chi connectivity index (χ0) is 38.2. The van der Waals surface area contributed by atoms with Gasteiger partial charge in [-0.3, -0.25) is 4.79 Å². The molecule has 2 aliphatic rings. The number of carbonyl (C=O) groups excluding carboxylic acids is 1. The Morgan fingerprint density at radius 1 is 0.889 bits per heavy atom. The summed E-state index contributed by atoms with van der Waals surface area (Å²) in [6, 6.07) is 22.9. The Kier molecular flexibility index (Phi) is 12.6. The van der Waals surface area contributed by atoms with E-state index in [4.69, 9.17) is 40.0 Å². The van der Waals surface area contributed by atoms with Crippen LogP contribution in [0.4, 0.5) is 11.4 Å². The normalized spacial score (nSPS) is 14.4. The highest BCUT2D eigenvalue weighted by molar-refractivity contribution is 6.18. The van der Waals surface area contributed by atoms with Crippen LogP contribution in [0, 0.1) is 6.92 Å². The molecule has 4 aromatic rings. The lowest BCUT2D eigenvalue weighted by Crippen LogP contribution is -2.36. The molecular weight excluding hydrogens is 708 g/mol. The molecule has 2 aliphatic heterocycles. The van der Waals surface area contributed by atoms with Gasteiger partial charge in [0.15, 0.2) is 23.0 Å². The van der Waals surface area contributed by atoms with Gasteiger partial charge in [-0.2, -0.15) is 0 Å². The van der Waals surface area contributed by atoms with Gasteiger partial charge in [0.25, 0.3) is 0 Å². The monoisotopic (exact) mass is 754 g/mol. The molecule has 0 aliphatic carbocycles. The van der Waals surface area contributed by atoms with Gasteiger partial charge < -0.3 is 43.3 Å². The van der Waals surface area contributed by atoms with Crippen molar-refractivity contribution in [1.82, 2.24) is 0 Å². The number of fused-ring (bicyclic) bond motifs is 2. The van der Waals surface area contributed by atoms with E-state index in [1.807, 2.05) is 73.7 Å². The Bertz CT molecular complexity index is 1970. The van der Waals surface area contributed by atoms with Crippen molar-refractivity contribution in [3.05, 3.63) is 120 Å². The van der Waals surface area contributed by atoms with Crippen LogP contribution in [0.5, 0.6) is 34.5 Å². The third-order valence-corrected chi connectivity index (χ3v) is 9.46. The van der Waals surface area contributed by atoms with Crippen molar-refractivity contribution in [2.75, 3.05) is 35.7 Å². The lowest BCUT2D eigenvalue weighted by atomic mass is 9.98. The topological polar surface area (TPSA) is 99.2 Å². The first-order valence-electron chi connectivity index (χ1n) is 18.1. The van der Waals surface area contributed by atoms with E-state index in [9.17, 15) is 9.90 Å². The molecule has 2 heterocycles. The van der Waals surface area contributed by atoms with Crippen molar-refractivity contribution in [3.8, 4) is 34.5 Å². The fourth-order valence-electron chi connectivity index (χ4n) is 6.43. The van der Waals surface area contributed by atoms with Gasteiger partial charge in [0.2, 0.25) is 19.0 Å². The van der Waals surface area contributed by atoms with E-state index in [2.05, 4.69) is 27.0 Å². The van der Waals surface area contributed by atoms with Gasteiger partial charge in [0, 0.05) is 54.0 Å². The predicted octanol–water partition coefficient (Wildman–Crippen LogP) is 8.65. The van der Waals surface area contributed by atoms with Gasteiger partial charge in [-0.25, -0.2) is 0 Å². The zero-order valence-electron chi connectivity index (χ0n) is 31.0. The average molecular weight is 755 g/mol. The second-order valence-electron chi connectivity index (χ2n) is 13.4. The number of anilines is 2. The van der Waals surface area contributed by atoms with Gasteiger partial charge in [-0.15, -0.1) is 11.6 Å². The Morgan fingerprint density at radius 3 is 2.39 bits per heavy atom. The minimum atomic E-state index is -0.986. The van der Waals surface area contributed by atoms with Crippen molar-refractivity contribution in [1.29, 1.82) is 0 Å². The molecule has 54 heavy (non-hydrogen) atoms. The largest absolute Gasteiger partial charge is 0.489 e. The van der Waals surface area contributed by atoms with Crippen LogP contribution in [0.3, 0.4) is 0 Å². The van der Waals surface area contributed by atoms with E-state index in [-0.39, 0.29) is 43.9 Å². The number of hydrogen-bond acceptors (Lipinski definition) is 9. The van der Waals surface area contributed by atoms with Crippen LogP contribution in [-0.4, -0.2) is 49.4 Å². The second-order valence-corrected chi connectivity index (χ2v) is 13.7. The SMILES string of the molecule is C=CCOc1cc(C)ccc1CN(c1ccc2c(c1)OC(CCC(=O)N(Cc1cccc(C(C)C)c1OCC=C)c1ccc3c(c1)OCO3)O2)C(O)CCl. The van der Waals surface area contributed by atoms with Gasteiger partial charge >= 0.3 is 0 Å². The molecule has 10 nitrogen and oxygen atoms in total. The molecule has 0 saturated heterocycles. The van der Waals surface area contributed by atoms with E-state index in [0.29, 0.717) is 59.9 Å². The fraction of sp³-hybridized carbons (Fsp3) is 0.326. The summed E-state index contributed by atoms with van der Waals surface area (Å²) in [7, 11) is 0. The maximum Gasteiger partial charge on any atom is 0.242 e. The van der Waals surface area contributed by atoms with E-state index in [0.717, 1.165) is 28.0 Å². The van der Waals surface area contributed by atoms with Crippen LogP contribution in [0.25, 0.3) is 0 Å². The Labute approximate surface area is 322 Å². The number of amides is 1. The van der Waals surface area contributed by atoms with Crippen LogP contribution in [0.15, 0.2) is 98.1 Å². The molecule has 0 saturated carbocycles. The first-order valence-corrected chi connectivity index (χ1v) is 18.6. The molecular formula is C43H47ClN2O8. The molecule has 2 unspecified atom stereocenters. The minimum absolute atomic E-state index is 0.0165. The Morgan fingerprint density at radius 2 is 1.61 bits per heavy atom. The predicted molar refractivity (Wildman–Crippen MR) is 210 cm³/mol. The van der Waals surface area contributed by atoms with Gasteiger partial charge in [-0.05, 0) is 54.3 Å². The number of halogens is 1. The number of aryl methyl sites for hydroxylation is 1. The maximum absolute atomic E-state index is 14.2. The lowest BCUT2D eigenvalue weighted by molar-refractivity contribution is -0.119. The summed E-state index contributed by atoms with van der Waals surface area (Å²) in [5.41, 5.74) is 5.20. The minimum Gasteiger partial charge on any atom is -0.489 e. The third-order valence-electron chi connectivity index (χ3n) is 9.18. The molecule has 0 spiro atoms. The molecule has 0 aromatic heterocycles. The number of nitrogens with zero attached hydrogens (tertiary/aromatic N) is 2. The van der Waals surface area contributed by atoms with Crippen molar-refractivity contribution < 1.29 is 38.3 Å². The number of alkyl halides is 1. The Balaban J connectivity index is 1.19. The molecule has 0 bridgehead atoms. The van der Waals surface area contributed by atoms with E-state index >= 15 is 0 Å². The maximum atomic E-state index is 14.2. The molecule has 284 valence electrons. The molecule has 2 atom stereocenters. The molecule has 0 radical (unpaired) electrons. The number of aliphatic hydroxyl groups excluding tert-OH is 1. The van der Waals surface area contributed by atoms with Crippen molar-refractivity contribution in [2.45, 2.75) is 65.1 Å². The van der Waals surface area contributed by atoms with Crippen LogP contribution < -0.4 is 38.2 Å². The number of carbonyl (C=O) groups is 1. The molecule has 6 rings (SSSR count). The summed E-state index contributed by atoms with van der Waals surface area (Å²) < 4.78 is 35.7. The standard InChI is InChI=1S/C43H47ClN2O8/c1-6-19-49-37-21-29(5)11-12-30(37)25-46(41(48)24-44)33-14-16-36-39(23-33)54-42(53-36)18-17-40(47)45(32-13-15-35-38(22-32)52-27-51-35)26-31-9-8-10-34(28(3)4)43(31)50-20-7-2/h6-16,21-23,28,41-42,48H,1-2,17-20,24-27H2,3-5H3. The van der Waals surface area contributed by atoms with Gasteiger partial charge in [-0.1, -0.05) is 69.5 Å². The summed E-state index contributed by atoms with van der Waals surface area (Å²) in [6.07, 6.45) is 2.14. The zero-order valence-corrected chi connectivity index (χ0v) is 31.7. The van der Waals surface area contributed by atoms with Crippen molar-refractivity contribution in [3.63, 3.8) is 0 Å². The van der Waals surface area contributed by atoms with Crippen molar-refractivity contribution in [2.24, 2.45) is 0 Å². The molecule has 11 heteroatoms. The smallest absolute Gasteiger partial charge is 0.242 e. The highest BCUT2D eigenvalue weighted by atomic mass is 35.5. The highest BCUT2D eigenvalue weighted by Crippen LogP contribution is 2.41. The van der Waals surface area contributed by atoms with E-state index in [1.165, 1.54) is 0 Å². The summed E-state index contributed by atoms with van der Waals surface area (Å²) >= 11 is 6.17. The molecule has 1 N–H and O–H groups in total. The lowest BCUT2D eigenvalue weighted by Gasteiger charge is -2.30. The fourth-order valence-corrected chi connectivity index (χ4v) is 6.59. The number of benzene rings is 4. The highest BCUT2D eigenvalue weighted by Gasteiger charge is 2.29. The molecule has 0 fully saturated rings. The molecule has 1 amide bonds. The van der Waals surface area contributed by atoms with Crippen LogP contribution >= 0.6 is 11.6 Å². The number of ether oxygens (including phenoxy) is 6.